The maximum Gasteiger partial charge on any atom is -1.00 e. The molecular weight excluding hydrogens is 691 g/mol. The summed E-state index contributed by atoms with van der Waals surface area (Å²) in [5.74, 6) is 0.436. The van der Waals surface area contributed by atoms with Crippen LogP contribution in [0.25, 0.3) is 11.1 Å². The molecule has 0 radical (unpaired) electrons. The Balaban J connectivity index is 0.00000250. The van der Waals surface area contributed by atoms with Crippen LogP contribution in [-0.4, -0.2) is 3.21 Å². The second-order valence-electron chi connectivity index (χ2n) is 16.3. The van der Waals surface area contributed by atoms with Crippen LogP contribution in [0, 0.1) is 11.3 Å². The summed E-state index contributed by atoms with van der Waals surface area (Å²) in [4.78, 5) is 0. The minimum absolute atomic E-state index is 0. The first-order chi connectivity index (χ1) is 21.1. The van der Waals surface area contributed by atoms with E-state index in [-0.39, 0.29) is 41.1 Å². The summed E-state index contributed by atoms with van der Waals surface area (Å²) >= 11 is -2.81. The summed E-state index contributed by atoms with van der Waals surface area (Å²) in [6, 6.07) is 35.6. The van der Waals surface area contributed by atoms with E-state index < -0.39 is 21.3 Å². The Morgan fingerprint density at radius 1 is 0.596 bits per heavy atom. The van der Waals surface area contributed by atoms with Gasteiger partial charge in [-0.25, -0.2) is 0 Å². The van der Waals surface area contributed by atoms with Gasteiger partial charge < -0.3 is 24.8 Å². The normalized spacial score (nSPS) is 15.3. The molecule has 1 unspecified atom stereocenters. The van der Waals surface area contributed by atoms with Gasteiger partial charge in [-0.05, 0) is 0 Å². The number of halogens is 2. The van der Waals surface area contributed by atoms with Crippen molar-refractivity contribution in [3.8, 4) is 11.1 Å². The molecule has 2 aliphatic rings. The third-order valence-corrected chi connectivity index (χ3v) is 17.9. The summed E-state index contributed by atoms with van der Waals surface area (Å²) in [5, 5.41) is 0. The van der Waals surface area contributed by atoms with Gasteiger partial charge >= 0.3 is 282 Å². The van der Waals surface area contributed by atoms with Crippen LogP contribution < -0.4 is 28.1 Å². The maximum atomic E-state index is 2.63. The number of hydrogen-bond donors (Lipinski definition) is 0. The van der Waals surface area contributed by atoms with E-state index in [4.69, 9.17) is 0 Å². The van der Waals surface area contributed by atoms with E-state index in [1.54, 1.807) is 15.3 Å². The van der Waals surface area contributed by atoms with Gasteiger partial charge in [-0.1, -0.05) is 0 Å². The van der Waals surface area contributed by atoms with Crippen molar-refractivity contribution in [2.45, 2.75) is 86.5 Å². The molecule has 1 atom stereocenters. The van der Waals surface area contributed by atoms with Crippen molar-refractivity contribution in [1.29, 1.82) is 0 Å². The van der Waals surface area contributed by atoms with E-state index in [1.165, 1.54) is 44.5 Å². The standard InChI is InChI=1S/C21H26.C13H9.C10H15.2ClH.Zr/c1-20(2,3)18-11-7-16(8-12-18)15-17-9-13-19(14-10-17)21(4,5)6;1-3-7-12-10(5-1)9-11-6-2-4-8-13(11)12;1-8-5-6-9(7-8)10(2,3)4;;;/h7-14H,1-6H3;1-5,7-8H,9H2;6-8H,1-4H3;2*1H;/q;;;;;+2/p-2. The molecule has 0 bridgehead atoms. The summed E-state index contributed by atoms with van der Waals surface area (Å²) in [7, 11) is 0. The van der Waals surface area contributed by atoms with Crippen LogP contribution in [0.2, 0.25) is 0 Å². The van der Waals surface area contributed by atoms with Gasteiger partial charge in [0.15, 0.2) is 0 Å². The molecule has 3 heteroatoms. The molecule has 6 rings (SSSR count). The van der Waals surface area contributed by atoms with Crippen molar-refractivity contribution in [1.82, 2.24) is 0 Å². The molecule has 0 aliphatic heterocycles. The molecule has 4 aromatic rings. The summed E-state index contributed by atoms with van der Waals surface area (Å²) in [6.07, 6.45) is 6.23. The van der Waals surface area contributed by atoms with Crippen LogP contribution in [0.4, 0.5) is 0 Å². The number of rotatable bonds is 4. The molecule has 0 amide bonds. The largest absolute Gasteiger partial charge is 1.00 e. The number of allylic oxidation sites excluding steroid dienone is 4. The van der Waals surface area contributed by atoms with Crippen LogP contribution in [0.15, 0.2) is 112 Å². The van der Waals surface area contributed by atoms with Crippen LogP contribution in [0.1, 0.15) is 103 Å². The van der Waals surface area contributed by atoms with Crippen molar-refractivity contribution in [3.63, 3.8) is 0 Å². The minimum Gasteiger partial charge on any atom is -1.00 e. The predicted molar refractivity (Wildman–Crippen MR) is 193 cm³/mol. The van der Waals surface area contributed by atoms with Crippen molar-refractivity contribution < 1.29 is 46.1 Å². The summed E-state index contributed by atoms with van der Waals surface area (Å²) in [5.41, 5.74) is 13.3. The zero-order valence-corrected chi connectivity index (χ0v) is 33.8. The second kappa shape index (κ2) is 13.9. The molecule has 0 aromatic heterocycles. The monoisotopic (exact) mass is 738 g/mol. The fourth-order valence-electron chi connectivity index (χ4n) is 7.03. The molecule has 0 fully saturated rings. The Bertz CT molecular complexity index is 1790. The average Bonchev–Trinajstić information content (AvgIpc) is 3.56. The number of hydrogen-bond acceptors (Lipinski definition) is 0. The first kappa shape index (κ1) is 37.5. The third kappa shape index (κ3) is 7.49. The molecule has 47 heavy (non-hydrogen) atoms. The Morgan fingerprint density at radius 3 is 1.60 bits per heavy atom. The Kier molecular flexibility index (Phi) is 11.1. The van der Waals surface area contributed by atoms with Gasteiger partial charge in [-0.15, -0.1) is 0 Å². The van der Waals surface area contributed by atoms with E-state index in [0.717, 1.165) is 6.42 Å². The van der Waals surface area contributed by atoms with E-state index >= 15 is 0 Å². The molecule has 0 saturated carbocycles. The average molecular weight is 741 g/mol. The van der Waals surface area contributed by atoms with E-state index in [2.05, 4.69) is 172 Å². The summed E-state index contributed by atoms with van der Waals surface area (Å²) < 4.78 is 4.94. The molecular formula is C44H50Cl2Zr. The van der Waals surface area contributed by atoms with Crippen molar-refractivity contribution in [3.05, 3.63) is 145 Å². The van der Waals surface area contributed by atoms with E-state index in [9.17, 15) is 0 Å². The molecule has 2 aliphatic carbocycles. The number of benzene rings is 4. The van der Waals surface area contributed by atoms with Crippen LogP contribution in [0.5, 0.6) is 0 Å². The molecule has 0 spiro atoms. The smallest absolute Gasteiger partial charge is 1.00 e. The first-order valence-corrected chi connectivity index (χ1v) is 20.4. The fourth-order valence-corrected chi connectivity index (χ4v) is 15.4. The fraction of sp³-hybridized carbons (Fsp3) is 0.341. The Labute approximate surface area is 304 Å². The molecule has 0 N–H and O–H groups in total. The van der Waals surface area contributed by atoms with E-state index in [1.807, 2.05) is 0 Å². The second-order valence-corrected chi connectivity index (χ2v) is 22.1. The quantitative estimate of drug-likeness (QED) is 0.247. The minimum atomic E-state index is -2.81. The van der Waals surface area contributed by atoms with Gasteiger partial charge in [0.25, 0.3) is 0 Å². The van der Waals surface area contributed by atoms with Gasteiger partial charge in [0.2, 0.25) is 0 Å². The van der Waals surface area contributed by atoms with Gasteiger partial charge in [-0.3, -0.25) is 0 Å². The topological polar surface area (TPSA) is 0 Å². The zero-order chi connectivity index (χ0) is 32.3. The molecule has 4 aromatic carbocycles. The molecule has 0 heterocycles. The van der Waals surface area contributed by atoms with Crippen LogP contribution in [0.3, 0.4) is 0 Å². The SMILES string of the molecule is CC1C=C(C(C)(C)C)C=[C]1[Zr+2](=[C](c1ccc(C(C)(C)C)cc1)c1ccc(C(C)(C)C)cc1)[c]1cccc2c1Cc1ccccc1-2.[Cl-].[Cl-]. The Morgan fingerprint density at radius 2 is 1.11 bits per heavy atom. The van der Waals surface area contributed by atoms with Gasteiger partial charge in [0, 0.05) is 0 Å². The first-order valence-electron chi connectivity index (χ1n) is 16.7. The van der Waals surface area contributed by atoms with Crippen LogP contribution >= 0.6 is 0 Å². The summed E-state index contributed by atoms with van der Waals surface area (Å²) in [6.45, 7) is 23.4. The zero-order valence-electron chi connectivity index (χ0n) is 29.9. The van der Waals surface area contributed by atoms with E-state index in [0.29, 0.717) is 5.92 Å². The third-order valence-electron chi connectivity index (χ3n) is 9.84. The van der Waals surface area contributed by atoms with Crippen molar-refractivity contribution >= 4 is 6.48 Å². The number of fused-ring (bicyclic) bond motifs is 3. The van der Waals surface area contributed by atoms with Gasteiger partial charge in [-0.2, -0.15) is 0 Å². The molecule has 244 valence electrons. The molecule has 0 nitrogen and oxygen atoms in total. The molecule has 0 saturated heterocycles. The van der Waals surface area contributed by atoms with Gasteiger partial charge in [0.1, 0.15) is 0 Å². The van der Waals surface area contributed by atoms with Gasteiger partial charge in [0.05, 0.1) is 0 Å². The van der Waals surface area contributed by atoms with Crippen molar-refractivity contribution in [2.24, 2.45) is 11.3 Å². The van der Waals surface area contributed by atoms with Crippen molar-refractivity contribution in [2.75, 3.05) is 0 Å². The van der Waals surface area contributed by atoms with Crippen LogP contribution in [-0.2, 0) is 38.5 Å². The predicted octanol–water partition coefficient (Wildman–Crippen LogP) is 4.88. The Hall–Kier alpha value is -2.31. The maximum absolute atomic E-state index is 2.81.